The van der Waals surface area contributed by atoms with Crippen LogP contribution in [0.25, 0.3) is 0 Å². The minimum absolute atomic E-state index is 0. The van der Waals surface area contributed by atoms with Crippen molar-refractivity contribution in [2.75, 3.05) is 27.2 Å². The zero-order valence-electron chi connectivity index (χ0n) is 12.4. The van der Waals surface area contributed by atoms with Crippen LogP contribution in [0.3, 0.4) is 0 Å². The lowest BCUT2D eigenvalue weighted by Gasteiger charge is -2.32. The molecular formula is C15H22ClN3O2. The highest BCUT2D eigenvalue weighted by atomic mass is 35.5. The normalized spacial score (nSPS) is 17.8. The van der Waals surface area contributed by atoms with E-state index in [0.29, 0.717) is 17.2 Å². The van der Waals surface area contributed by atoms with Crippen LogP contribution in [0.2, 0.25) is 0 Å². The number of halogens is 1. The molecule has 0 spiro atoms. The maximum atomic E-state index is 12.5. The molecule has 0 aromatic heterocycles. The average Bonchev–Trinajstić information content (AvgIpc) is 2.53. The predicted molar refractivity (Wildman–Crippen MR) is 85.1 cm³/mol. The fraction of sp³-hybridized carbons (Fsp3) is 0.467. The van der Waals surface area contributed by atoms with Gasteiger partial charge >= 0.3 is 0 Å². The number of likely N-dealkylation sites (N-methyl/N-ethyl adjacent to an activating group) is 1. The van der Waals surface area contributed by atoms with Crippen LogP contribution in [0.1, 0.15) is 33.6 Å². The van der Waals surface area contributed by atoms with E-state index in [2.05, 4.69) is 10.6 Å². The van der Waals surface area contributed by atoms with E-state index < -0.39 is 0 Å². The van der Waals surface area contributed by atoms with Gasteiger partial charge in [0.15, 0.2) is 0 Å². The van der Waals surface area contributed by atoms with Crippen molar-refractivity contribution in [3.8, 4) is 0 Å². The molecule has 1 fully saturated rings. The molecule has 1 unspecified atom stereocenters. The molecule has 21 heavy (non-hydrogen) atoms. The van der Waals surface area contributed by atoms with Crippen LogP contribution in [-0.4, -0.2) is 49.9 Å². The predicted octanol–water partition coefficient (Wildman–Crippen LogP) is 1.29. The van der Waals surface area contributed by atoms with Crippen LogP contribution in [-0.2, 0) is 0 Å². The lowest BCUT2D eigenvalue weighted by molar-refractivity contribution is 0.0698. The van der Waals surface area contributed by atoms with E-state index in [1.807, 2.05) is 11.9 Å². The number of nitrogens with one attached hydrogen (secondary N) is 2. The Hall–Kier alpha value is -1.59. The highest BCUT2D eigenvalue weighted by Crippen LogP contribution is 2.14. The van der Waals surface area contributed by atoms with Crippen LogP contribution >= 0.6 is 12.4 Å². The van der Waals surface area contributed by atoms with Crippen molar-refractivity contribution >= 4 is 24.2 Å². The molecule has 1 aromatic carbocycles. The molecule has 2 amide bonds. The summed E-state index contributed by atoms with van der Waals surface area (Å²) in [6.07, 6.45) is 2.10. The number of likely N-dealkylation sites (tertiary alicyclic amines) is 1. The van der Waals surface area contributed by atoms with Gasteiger partial charge in [0.1, 0.15) is 0 Å². The van der Waals surface area contributed by atoms with Gasteiger partial charge < -0.3 is 15.5 Å². The molecule has 0 saturated carbocycles. The van der Waals surface area contributed by atoms with Gasteiger partial charge in [0, 0.05) is 37.3 Å². The van der Waals surface area contributed by atoms with Gasteiger partial charge in [-0.1, -0.05) is 6.07 Å². The first-order chi connectivity index (χ1) is 9.65. The van der Waals surface area contributed by atoms with Crippen molar-refractivity contribution in [3.05, 3.63) is 35.4 Å². The van der Waals surface area contributed by atoms with Crippen molar-refractivity contribution in [2.45, 2.75) is 18.9 Å². The monoisotopic (exact) mass is 311 g/mol. The molecule has 0 aliphatic carbocycles. The van der Waals surface area contributed by atoms with Crippen LogP contribution in [0.5, 0.6) is 0 Å². The van der Waals surface area contributed by atoms with Crippen molar-refractivity contribution in [2.24, 2.45) is 0 Å². The number of hydrogen-bond donors (Lipinski definition) is 2. The first kappa shape index (κ1) is 17.5. The van der Waals surface area contributed by atoms with E-state index in [1.165, 1.54) is 0 Å². The topological polar surface area (TPSA) is 61.4 Å². The fourth-order valence-corrected chi connectivity index (χ4v) is 2.52. The smallest absolute Gasteiger partial charge is 0.253 e. The highest BCUT2D eigenvalue weighted by Gasteiger charge is 2.23. The number of carbonyl (C=O) groups excluding carboxylic acids is 2. The molecule has 1 aliphatic heterocycles. The summed E-state index contributed by atoms with van der Waals surface area (Å²) in [6, 6.07) is 7.23. The van der Waals surface area contributed by atoms with Crippen LogP contribution in [0, 0.1) is 0 Å². The number of hydrogen-bond acceptors (Lipinski definition) is 3. The van der Waals surface area contributed by atoms with Gasteiger partial charge in [-0.25, -0.2) is 0 Å². The summed E-state index contributed by atoms with van der Waals surface area (Å²) < 4.78 is 0. The second kappa shape index (κ2) is 8.00. The van der Waals surface area contributed by atoms with E-state index in [9.17, 15) is 9.59 Å². The molecule has 5 nitrogen and oxygen atoms in total. The van der Waals surface area contributed by atoms with Crippen LogP contribution in [0.4, 0.5) is 0 Å². The summed E-state index contributed by atoms with van der Waals surface area (Å²) in [4.78, 5) is 26.0. The largest absolute Gasteiger partial charge is 0.355 e. The van der Waals surface area contributed by atoms with Gasteiger partial charge in [-0.3, -0.25) is 9.59 Å². The Morgan fingerprint density at radius 3 is 2.62 bits per heavy atom. The molecule has 1 aromatic rings. The van der Waals surface area contributed by atoms with Crippen molar-refractivity contribution < 1.29 is 9.59 Å². The molecule has 2 rings (SSSR count). The molecule has 1 saturated heterocycles. The van der Waals surface area contributed by atoms with Crippen molar-refractivity contribution in [1.82, 2.24) is 15.5 Å². The van der Waals surface area contributed by atoms with E-state index >= 15 is 0 Å². The number of benzene rings is 1. The zero-order valence-corrected chi connectivity index (χ0v) is 13.2. The number of amides is 2. The van der Waals surface area contributed by atoms with E-state index in [0.717, 1.165) is 25.9 Å². The van der Waals surface area contributed by atoms with Gasteiger partial charge in [0.25, 0.3) is 11.8 Å². The van der Waals surface area contributed by atoms with Gasteiger partial charge in [-0.05, 0) is 38.1 Å². The fourth-order valence-electron chi connectivity index (χ4n) is 2.52. The summed E-state index contributed by atoms with van der Waals surface area (Å²) in [6.45, 7) is 1.50. The molecule has 2 N–H and O–H groups in total. The molecule has 1 aliphatic rings. The number of rotatable bonds is 3. The van der Waals surface area contributed by atoms with Crippen LogP contribution in [0.15, 0.2) is 24.3 Å². The minimum Gasteiger partial charge on any atom is -0.355 e. The molecule has 1 heterocycles. The quantitative estimate of drug-likeness (QED) is 0.884. The zero-order chi connectivity index (χ0) is 14.5. The standard InChI is InChI=1S/C15H21N3O2.ClH/c1-16-13-7-4-8-18(10-13)15(20)12-6-3-5-11(9-12)14(19)17-2;/h3,5-6,9,13,16H,4,7-8,10H2,1-2H3,(H,17,19);1H. The lowest BCUT2D eigenvalue weighted by atomic mass is 10.0. The lowest BCUT2D eigenvalue weighted by Crippen LogP contribution is -2.47. The minimum atomic E-state index is -0.175. The number of piperidine rings is 1. The Bertz CT molecular complexity index is 507. The van der Waals surface area contributed by atoms with E-state index in [-0.39, 0.29) is 24.2 Å². The van der Waals surface area contributed by atoms with Gasteiger partial charge in [-0.2, -0.15) is 0 Å². The Balaban J connectivity index is 0.00000220. The van der Waals surface area contributed by atoms with Crippen LogP contribution < -0.4 is 10.6 Å². The maximum absolute atomic E-state index is 12.5. The van der Waals surface area contributed by atoms with Gasteiger partial charge in [0.2, 0.25) is 0 Å². The average molecular weight is 312 g/mol. The molecule has 116 valence electrons. The summed E-state index contributed by atoms with van der Waals surface area (Å²) >= 11 is 0. The second-order valence-electron chi connectivity index (χ2n) is 5.04. The molecule has 1 atom stereocenters. The molecule has 0 bridgehead atoms. The third-order valence-corrected chi connectivity index (χ3v) is 3.72. The summed E-state index contributed by atoms with van der Waals surface area (Å²) in [5.41, 5.74) is 1.09. The Labute approximate surface area is 131 Å². The third kappa shape index (κ3) is 4.19. The van der Waals surface area contributed by atoms with Crippen molar-refractivity contribution in [3.63, 3.8) is 0 Å². The van der Waals surface area contributed by atoms with E-state index in [4.69, 9.17) is 0 Å². The third-order valence-electron chi connectivity index (χ3n) is 3.72. The molecular weight excluding hydrogens is 290 g/mol. The van der Waals surface area contributed by atoms with Crippen molar-refractivity contribution in [1.29, 1.82) is 0 Å². The first-order valence-corrected chi connectivity index (χ1v) is 6.94. The highest BCUT2D eigenvalue weighted by molar-refractivity contribution is 5.99. The maximum Gasteiger partial charge on any atom is 0.253 e. The first-order valence-electron chi connectivity index (χ1n) is 6.94. The molecule has 0 radical (unpaired) electrons. The summed E-state index contributed by atoms with van der Waals surface area (Å²) in [5, 5.41) is 5.79. The summed E-state index contributed by atoms with van der Waals surface area (Å²) in [7, 11) is 3.50. The Kier molecular flexibility index (Phi) is 6.65. The Morgan fingerprint density at radius 2 is 1.95 bits per heavy atom. The summed E-state index contributed by atoms with van der Waals surface area (Å²) in [5.74, 6) is -0.179. The van der Waals surface area contributed by atoms with E-state index in [1.54, 1.807) is 31.3 Å². The molecule has 6 heteroatoms. The number of nitrogens with zero attached hydrogens (tertiary/aromatic N) is 1. The number of carbonyl (C=O) groups is 2. The van der Waals surface area contributed by atoms with Gasteiger partial charge in [0.05, 0.1) is 0 Å². The SMILES string of the molecule is CNC(=O)c1cccc(C(=O)N2CCCC(NC)C2)c1.Cl. The van der Waals surface area contributed by atoms with Gasteiger partial charge in [-0.15, -0.1) is 12.4 Å². The second-order valence-corrected chi connectivity index (χ2v) is 5.04. The Morgan fingerprint density at radius 1 is 1.24 bits per heavy atom.